The number of aryl methyl sites for hydroxylation is 1. The molecule has 1 N–H and O–H groups in total. The predicted molar refractivity (Wildman–Crippen MR) is 93.8 cm³/mol. The second kappa shape index (κ2) is 6.44. The first-order valence-electron chi connectivity index (χ1n) is 7.49. The van der Waals surface area contributed by atoms with E-state index in [2.05, 4.69) is 35.3 Å². The average Bonchev–Trinajstić information content (AvgIpc) is 2.49. The van der Waals surface area contributed by atoms with Gasteiger partial charge in [-0.1, -0.05) is 37.3 Å². The van der Waals surface area contributed by atoms with E-state index in [-0.39, 0.29) is 5.91 Å². The number of rotatable bonds is 3. The zero-order valence-corrected chi connectivity index (χ0v) is 13.7. The smallest absolute Gasteiger partial charge is 0.243 e. The lowest BCUT2D eigenvalue weighted by Crippen LogP contribution is -2.39. The molecule has 0 fully saturated rings. The normalized spacial score (nSPS) is 17.0. The molecule has 0 radical (unpaired) electrons. The van der Waals surface area contributed by atoms with Gasteiger partial charge in [0.05, 0.1) is 12.2 Å². The van der Waals surface area contributed by atoms with Crippen LogP contribution >= 0.6 is 11.8 Å². The number of amides is 1. The van der Waals surface area contributed by atoms with Crippen LogP contribution in [0.4, 0.5) is 11.4 Å². The van der Waals surface area contributed by atoms with Gasteiger partial charge in [0.2, 0.25) is 5.91 Å². The fourth-order valence-corrected chi connectivity index (χ4v) is 3.87. The monoisotopic (exact) mass is 312 g/mol. The van der Waals surface area contributed by atoms with Crippen LogP contribution < -0.4 is 10.2 Å². The van der Waals surface area contributed by atoms with Gasteiger partial charge < -0.3 is 10.2 Å². The first-order chi connectivity index (χ1) is 10.6. The van der Waals surface area contributed by atoms with E-state index in [0.717, 1.165) is 23.5 Å². The van der Waals surface area contributed by atoms with Gasteiger partial charge in [-0.3, -0.25) is 4.79 Å². The van der Waals surface area contributed by atoms with Crippen molar-refractivity contribution < 1.29 is 4.79 Å². The van der Waals surface area contributed by atoms with Crippen LogP contribution in [0.5, 0.6) is 0 Å². The maximum Gasteiger partial charge on any atom is 0.243 e. The van der Waals surface area contributed by atoms with Crippen LogP contribution in [0.2, 0.25) is 0 Å². The van der Waals surface area contributed by atoms with Crippen molar-refractivity contribution in [2.45, 2.75) is 24.0 Å². The standard InChI is InChI=1S/C18H20N2OS/c1-13-7-3-4-8-15(13)19-18(21)12-20-11-14(2)22-17-10-6-5-9-16(17)20/h3-10,14H,11-12H2,1-2H3,(H,19,21)/t14-/m0/s1. The van der Waals surface area contributed by atoms with E-state index >= 15 is 0 Å². The van der Waals surface area contributed by atoms with E-state index in [1.807, 2.05) is 49.0 Å². The van der Waals surface area contributed by atoms with Crippen molar-refractivity contribution in [1.29, 1.82) is 0 Å². The second-order valence-corrected chi connectivity index (χ2v) is 7.12. The summed E-state index contributed by atoms with van der Waals surface area (Å²) in [7, 11) is 0. The number of carbonyl (C=O) groups is 1. The van der Waals surface area contributed by atoms with Gasteiger partial charge in [0, 0.05) is 22.4 Å². The number of carbonyl (C=O) groups excluding carboxylic acids is 1. The molecular formula is C18H20N2OS. The number of hydrogen-bond donors (Lipinski definition) is 1. The molecule has 4 heteroatoms. The van der Waals surface area contributed by atoms with Crippen LogP contribution in [-0.4, -0.2) is 24.2 Å². The fourth-order valence-electron chi connectivity index (χ4n) is 2.71. The molecule has 22 heavy (non-hydrogen) atoms. The molecule has 3 rings (SSSR count). The van der Waals surface area contributed by atoms with Gasteiger partial charge >= 0.3 is 0 Å². The van der Waals surface area contributed by atoms with Crippen molar-refractivity contribution in [3.63, 3.8) is 0 Å². The summed E-state index contributed by atoms with van der Waals surface area (Å²) in [4.78, 5) is 15.8. The van der Waals surface area contributed by atoms with E-state index in [0.29, 0.717) is 11.8 Å². The highest BCUT2D eigenvalue weighted by molar-refractivity contribution is 8.00. The summed E-state index contributed by atoms with van der Waals surface area (Å²) >= 11 is 1.88. The van der Waals surface area contributed by atoms with E-state index < -0.39 is 0 Å². The number of fused-ring (bicyclic) bond motifs is 1. The van der Waals surface area contributed by atoms with Crippen molar-refractivity contribution in [2.24, 2.45) is 0 Å². The topological polar surface area (TPSA) is 32.3 Å². The second-order valence-electron chi connectivity index (χ2n) is 5.64. The van der Waals surface area contributed by atoms with Gasteiger partial charge in [-0.25, -0.2) is 0 Å². The third-order valence-corrected chi connectivity index (χ3v) is 4.92. The molecule has 1 heterocycles. The van der Waals surface area contributed by atoms with Crippen molar-refractivity contribution in [1.82, 2.24) is 0 Å². The number of thioether (sulfide) groups is 1. The number of para-hydroxylation sites is 2. The lowest BCUT2D eigenvalue weighted by atomic mass is 10.2. The Hall–Kier alpha value is -1.94. The third-order valence-electron chi connectivity index (χ3n) is 3.77. The van der Waals surface area contributed by atoms with Crippen LogP contribution in [0.25, 0.3) is 0 Å². The third kappa shape index (κ3) is 3.28. The molecule has 0 unspecified atom stereocenters. The highest BCUT2D eigenvalue weighted by atomic mass is 32.2. The maximum atomic E-state index is 12.4. The summed E-state index contributed by atoms with van der Waals surface area (Å²) in [5, 5.41) is 3.50. The number of hydrogen-bond acceptors (Lipinski definition) is 3. The van der Waals surface area contributed by atoms with Crippen molar-refractivity contribution >= 4 is 29.0 Å². The molecule has 2 aromatic carbocycles. The van der Waals surface area contributed by atoms with Gasteiger partial charge in [-0.2, -0.15) is 0 Å². The van der Waals surface area contributed by atoms with Crippen LogP contribution in [0, 0.1) is 6.92 Å². The van der Waals surface area contributed by atoms with Gasteiger partial charge in [0.25, 0.3) is 0 Å². The van der Waals surface area contributed by atoms with E-state index in [9.17, 15) is 4.79 Å². The Kier molecular flexibility index (Phi) is 4.39. The summed E-state index contributed by atoms with van der Waals surface area (Å²) < 4.78 is 0. The average molecular weight is 312 g/mol. The molecule has 0 saturated carbocycles. The Bertz CT molecular complexity index is 686. The molecule has 0 saturated heterocycles. The number of benzene rings is 2. The largest absolute Gasteiger partial charge is 0.360 e. The minimum atomic E-state index is 0.0307. The summed E-state index contributed by atoms with van der Waals surface area (Å²) in [6.07, 6.45) is 0. The number of nitrogens with zero attached hydrogens (tertiary/aromatic N) is 1. The zero-order chi connectivity index (χ0) is 15.5. The number of nitrogens with one attached hydrogen (secondary N) is 1. The lowest BCUT2D eigenvalue weighted by Gasteiger charge is -2.33. The van der Waals surface area contributed by atoms with Gasteiger partial charge in [0.15, 0.2) is 0 Å². The molecule has 1 amide bonds. The minimum absolute atomic E-state index is 0.0307. The molecule has 1 atom stereocenters. The van der Waals surface area contributed by atoms with E-state index in [4.69, 9.17) is 0 Å². The highest BCUT2D eigenvalue weighted by Crippen LogP contribution is 2.37. The molecule has 0 aliphatic carbocycles. The lowest BCUT2D eigenvalue weighted by molar-refractivity contribution is -0.115. The zero-order valence-electron chi connectivity index (χ0n) is 12.9. The minimum Gasteiger partial charge on any atom is -0.360 e. The summed E-state index contributed by atoms with van der Waals surface area (Å²) in [5.41, 5.74) is 3.13. The first kappa shape index (κ1) is 15.0. The molecule has 0 aromatic heterocycles. The van der Waals surface area contributed by atoms with E-state index in [1.165, 1.54) is 4.90 Å². The summed E-state index contributed by atoms with van der Waals surface area (Å²) in [5.74, 6) is 0.0307. The SMILES string of the molecule is Cc1ccccc1NC(=O)CN1C[C@H](C)Sc2ccccc21. The molecule has 0 spiro atoms. The van der Waals surface area contributed by atoms with Crippen molar-refractivity contribution in [2.75, 3.05) is 23.3 Å². The van der Waals surface area contributed by atoms with Gasteiger partial charge in [-0.05, 0) is 30.7 Å². The Labute approximate surface area is 135 Å². The summed E-state index contributed by atoms with van der Waals surface area (Å²) in [6, 6.07) is 16.2. The van der Waals surface area contributed by atoms with Gasteiger partial charge in [-0.15, -0.1) is 11.8 Å². The Balaban J connectivity index is 1.73. The van der Waals surface area contributed by atoms with Crippen LogP contribution in [-0.2, 0) is 4.79 Å². The number of anilines is 2. The van der Waals surface area contributed by atoms with E-state index in [1.54, 1.807) is 0 Å². The van der Waals surface area contributed by atoms with Crippen molar-refractivity contribution in [3.05, 3.63) is 54.1 Å². The maximum absolute atomic E-state index is 12.4. The molecule has 1 aliphatic heterocycles. The molecule has 1 aliphatic rings. The highest BCUT2D eigenvalue weighted by Gasteiger charge is 2.23. The summed E-state index contributed by atoms with van der Waals surface area (Å²) in [6.45, 7) is 5.48. The Morgan fingerprint density at radius 3 is 2.77 bits per heavy atom. The first-order valence-corrected chi connectivity index (χ1v) is 8.37. The molecule has 0 bridgehead atoms. The Morgan fingerprint density at radius 1 is 1.23 bits per heavy atom. The predicted octanol–water partition coefficient (Wildman–Crippen LogP) is 3.93. The van der Waals surface area contributed by atoms with Crippen LogP contribution in [0.3, 0.4) is 0 Å². The van der Waals surface area contributed by atoms with Crippen molar-refractivity contribution in [3.8, 4) is 0 Å². The van der Waals surface area contributed by atoms with Crippen LogP contribution in [0.1, 0.15) is 12.5 Å². The fraction of sp³-hybridized carbons (Fsp3) is 0.278. The Morgan fingerprint density at radius 2 is 1.95 bits per heavy atom. The molecule has 3 nitrogen and oxygen atoms in total. The van der Waals surface area contributed by atoms with Crippen LogP contribution in [0.15, 0.2) is 53.4 Å². The molecule has 114 valence electrons. The van der Waals surface area contributed by atoms with Gasteiger partial charge in [0.1, 0.15) is 0 Å². The molecule has 2 aromatic rings. The quantitative estimate of drug-likeness (QED) is 0.932. The molecular weight excluding hydrogens is 292 g/mol.